The predicted molar refractivity (Wildman–Crippen MR) is 65.2 cm³/mol. The maximum Gasteiger partial charge on any atom is 0.0599 e. The van der Waals surface area contributed by atoms with Gasteiger partial charge in [-0.25, -0.2) is 0 Å². The fourth-order valence-electron chi connectivity index (χ4n) is 2.17. The molecule has 1 saturated heterocycles. The van der Waals surface area contributed by atoms with Crippen LogP contribution >= 0.6 is 0 Å². The van der Waals surface area contributed by atoms with Crippen molar-refractivity contribution in [3.05, 3.63) is 0 Å². The molecule has 0 unspecified atom stereocenters. The summed E-state index contributed by atoms with van der Waals surface area (Å²) in [5.74, 6) is 0.794. The summed E-state index contributed by atoms with van der Waals surface area (Å²) < 4.78 is 5.85. The second kappa shape index (κ2) is 7.24. The van der Waals surface area contributed by atoms with Gasteiger partial charge in [-0.3, -0.25) is 0 Å². The summed E-state index contributed by atoms with van der Waals surface area (Å²) >= 11 is 0. The lowest BCUT2D eigenvalue weighted by Gasteiger charge is -2.32. The highest BCUT2D eigenvalue weighted by atomic mass is 16.5. The Hall–Kier alpha value is -0.0800. The van der Waals surface area contributed by atoms with Gasteiger partial charge < -0.3 is 9.64 Å². The lowest BCUT2D eigenvalue weighted by molar-refractivity contribution is 0.00437. The lowest BCUT2D eigenvalue weighted by Crippen LogP contribution is -2.39. The number of ether oxygens (including phenoxy) is 1. The fourth-order valence-corrected chi connectivity index (χ4v) is 2.17. The quantitative estimate of drug-likeness (QED) is 0.629. The normalized spacial score (nSPS) is 20.0. The third-order valence-corrected chi connectivity index (χ3v) is 3.01. The Bertz CT molecular complexity index is 151. The predicted octanol–water partition coefficient (Wildman–Crippen LogP) is 2.92. The minimum Gasteiger partial charge on any atom is -0.378 e. The van der Waals surface area contributed by atoms with Gasteiger partial charge in [0.2, 0.25) is 0 Å². The molecular formula is C13H27NO. The van der Waals surface area contributed by atoms with E-state index in [1.165, 1.54) is 45.3 Å². The lowest BCUT2D eigenvalue weighted by atomic mass is 10.1. The molecule has 1 fully saturated rings. The zero-order valence-corrected chi connectivity index (χ0v) is 10.7. The first-order chi connectivity index (χ1) is 7.22. The average molecular weight is 213 g/mol. The highest BCUT2D eigenvalue weighted by Gasteiger charge is 2.19. The molecule has 0 amide bonds. The molecule has 0 N–H and O–H groups in total. The summed E-state index contributed by atoms with van der Waals surface area (Å²) in [6.45, 7) is 11.5. The van der Waals surface area contributed by atoms with Gasteiger partial charge in [-0.1, -0.05) is 27.2 Å². The number of hydrogen-bond acceptors (Lipinski definition) is 2. The standard InChI is InChI=1S/C13H27NO/c1-4-5-10-15-13-6-8-14(9-7-13)11-12(2)3/h12-13H,4-11H2,1-3H3. The highest BCUT2D eigenvalue weighted by Crippen LogP contribution is 2.15. The van der Waals surface area contributed by atoms with Crippen LogP contribution in [0.3, 0.4) is 0 Å². The van der Waals surface area contributed by atoms with E-state index in [0.29, 0.717) is 6.10 Å². The van der Waals surface area contributed by atoms with E-state index in [2.05, 4.69) is 25.7 Å². The van der Waals surface area contributed by atoms with Crippen molar-refractivity contribution in [2.75, 3.05) is 26.2 Å². The second-order valence-electron chi connectivity index (χ2n) is 5.12. The van der Waals surface area contributed by atoms with Gasteiger partial charge in [0.05, 0.1) is 6.10 Å². The van der Waals surface area contributed by atoms with Crippen molar-refractivity contribution < 1.29 is 4.74 Å². The number of hydrogen-bond donors (Lipinski definition) is 0. The van der Waals surface area contributed by atoms with Gasteiger partial charge in [-0.05, 0) is 25.2 Å². The summed E-state index contributed by atoms with van der Waals surface area (Å²) in [5.41, 5.74) is 0. The van der Waals surface area contributed by atoms with Crippen LogP contribution in [0.5, 0.6) is 0 Å². The van der Waals surface area contributed by atoms with Gasteiger partial charge in [-0.2, -0.15) is 0 Å². The van der Waals surface area contributed by atoms with E-state index in [-0.39, 0.29) is 0 Å². The van der Waals surface area contributed by atoms with Gasteiger partial charge in [0.1, 0.15) is 0 Å². The Morgan fingerprint density at radius 2 is 1.93 bits per heavy atom. The van der Waals surface area contributed by atoms with Crippen molar-refractivity contribution in [1.82, 2.24) is 4.90 Å². The minimum atomic E-state index is 0.542. The third kappa shape index (κ3) is 5.53. The molecule has 0 saturated carbocycles. The van der Waals surface area contributed by atoms with E-state index >= 15 is 0 Å². The Labute approximate surface area is 95.0 Å². The minimum absolute atomic E-state index is 0.542. The molecule has 1 heterocycles. The largest absolute Gasteiger partial charge is 0.378 e. The number of nitrogens with zero attached hydrogens (tertiary/aromatic N) is 1. The summed E-state index contributed by atoms with van der Waals surface area (Å²) in [5, 5.41) is 0. The maximum atomic E-state index is 5.85. The molecule has 2 heteroatoms. The van der Waals surface area contributed by atoms with Crippen LogP contribution in [0.15, 0.2) is 0 Å². The van der Waals surface area contributed by atoms with E-state index in [0.717, 1.165) is 12.5 Å². The third-order valence-electron chi connectivity index (χ3n) is 3.01. The van der Waals surface area contributed by atoms with Gasteiger partial charge in [-0.15, -0.1) is 0 Å². The van der Waals surface area contributed by atoms with E-state index in [1.54, 1.807) is 0 Å². The van der Waals surface area contributed by atoms with Crippen LogP contribution in [0.4, 0.5) is 0 Å². The summed E-state index contributed by atoms with van der Waals surface area (Å²) in [6.07, 6.45) is 5.46. The fraction of sp³-hybridized carbons (Fsp3) is 1.00. The van der Waals surface area contributed by atoms with Crippen LogP contribution in [-0.2, 0) is 4.74 Å². The molecule has 0 aliphatic carbocycles. The topological polar surface area (TPSA) is 12.5 Å². The Balaban J connectivity index is 2.07. The van der Waals surface area contributed by atoms with Crippen molar-refractivity contribution >= 4 is 0 Å². The Kier molecular flexibility index (Phi) is 6.26. The number of rotatable bonds is 6. The number of likely N-dealkylation sites (tertiary alicyclic amines) is 1. The number of unbranched alkanes of at least 4 members (excludes halogenated alkanes) is 1. The van der Waals surface area contributed by atoms with E-state index in [1.807, 2.05) is 0 Å². The molecule has 90 valence electrons. The molecule has 1 aliphatic rings. The molecule has 1 rings (SSSR count). The molecular weight excluding hydrogens is 186 g/mol. The van der Waals surface area contributed by atoms with Gasteiger partial charge in [0.15, 0.2) is 0 Å². The maximum absolute atomic E-state index is 5.85. The van der Waals surface area contributed by atoms with Crippen molar-refractivity contribution in [2.24, 2.45) is 5.92 Å². The number of piperidine rings is 1. The molecule has 0 aromatic carbocycles. The average Bonchev–Trinajstić information content (AvgIpc) is 2.20. The Morgan fingerprint density at radius 1 is 1.27 bits per heavy atom. The van der Waals surface area contributed by atoms with Gasteiger partial charge in [0, 0.05) is 26.2 Å². The zero-order chi connectivity index (χ0) is 11.1. The SMILES string of the molecule is CCCCOC1CCN(CC(C)C)CC1. The summed E-state index contributed by atoms with van der Waals surface area (Å²) in [6, 6.07) is 0. The molecule has 0 radical (unpaired) electrons. The Morgan fingerprint density at radius 3 is 2.47 bits per heavy atom. The van der Waals surface area contributed by atoms with E-state index in [4.69, 9.17) is 4.74 Å². The summed E-state index contributed by atoms with van der Waals surface area (Å²) in [4.78, 5) is 2.57. The first-order valence-electron chi connectivity index (χ1n) is 6.56. The molecule has 0 aromatic heterocycles. The van der Waals surface area contributed by atoms with Crippen molar-refractivity contribution in [1.29, 1.82) is 0 Å². The summed E-state index contributed by atoms with van der Waals surface area (Å²) in [7, 11) is 0. The van der Waals surface area contributed by atoms with Crippen molar-refractivity contribution in [3.8, 4) is 0 Å². The van der Waals surface area contributed by atoms with Crippen molar-refractivity contribution in [3.63, 3.8) is 0 Å². The van der Waals surface area contributed by atoms with Crippen LogP contribution in [0, 0.1) is 5.92 Å². The second-order valence-corrected chi connectivity index (χ2v) is 5.12. The van der Waals surface area contributed by atoms with Crippen molar-refractivity contribution in [2.45, 2.75) is 52.6 Å². The van der Waals surface area contributed by atoms with Crippen LogP contribution in [0.2, 0.25) is 0 Å². The molecule has 2 nitrogen and oxygen atoms in total. The molecule has 0 bridgehead atoms. The first-order valence-corrected chi connectivity index (χ1v) is 6.56. The van der Waals surface area contributed by atoms with E-state index < -0.39 is 0 Å². The van der Waals surface area contributed by atoms with Crippen LogP contribution < -0.4 is 0 Å². The van der Waals surface area contributed by atoms with Crippen LogP contribution in [-0.4, -0.2) is 37.2 Å². The zero-order valence-electron chi connectivity index (χ0n) is 10.7. The van der Waals surface area contributed by atoms with Gasteiger partial charge >= 0.3 is 0 Å². The first kappa shape index (κ1) is 13.0. The molecule has 1 aliphatic heterocycles. The molecule has 0 aromatic rings. The monoisotopic (exact) mass is 213 g/mol. The van der Waals surface area contributed by atoms with Crippen LogP contribution in [0.1, 0.15) is 46.5 Å². The smallest absolute Gasteiger partial charge is 0.0599 e. The molecule has 15 heavy (non-hydrogen) atoms. The van der Waals surface area contributed by atoms with Gasteiger partial charge in [0.25, 0.3) is 0 Å². The molecule has 0 spiro atoms. The van der Waals surface area contributed by atoms with E-state index in [9.17, 15) is 0 Å². The molecule has 0 atom stereocenters. The van der Waals surface area contributed by atoms with Crippen LogP contribution in [0.25, 0.3) is 0 Å². The highest BCUT2D eigenvalue weighted by molar-refractivity contribution is 4.73.